The number of carbonyl (C=O) groups excluding carboxylic acids is 1. The molecule has 41 heavy (non-hydrogen) atoms. The third-order valence-corrected chi connectivity index (χ3v) is 6.87. The van der Waals surface area contributed by atoms with E-state index in [1.807, 2.05) is 0 Å². The van der Waals surface area contributed by atoms with Gasteiger partial charge in [0.1, 0.15) is 11.4 Å². The van der Waals surface area contributed by atoms with Crippen molar-refractivity contribution in [1.29, 1.82) is 0 Å². The van der Waals surface area contributed by atoms with Gasteiger partial charge in [0.25, 0.3) is 5.91 Å². The second-order valence-corrected chi connectivity index (χ2v) is 9.63. The molecular weight excluding hydrogens is 542 g/mol. The van der Waals surface area contributed by atoms with Gasteiger partial charge in [-0.15, -0.1) is 0 Å². The number of nitrogens with zero attached hydrogens (tertiary/aromatic N) is 1. The van der Waals surface area contributed by atoms with Crippen molar-refractivity contribution >= 4 is 22.6 Å². The molecule has 2 heterocycles. The number of rotatable bonds is 9. The summed E-state index contributed by atoms with van der Waals surface area (Å²) < 4.78 is 72.5. The fourth-order valence-electron chi connectivity index (χ4n) is 4.98. The number of carbonyl (C=O) groups is 1. The van der Waals surface area contributed by atoms with Gasteiger partial charge in [0.05, 0.1) is 35.8 Å². The van der Waals surface area contributed by atoms with Crippen LogP contribution in [-0.4, -0.2) is 19.1 Å². The predicted octanol–water partition coefficient (Wildman–Crippen LogP) is 7.67. The zero-order chi connectivity index (χ0) is 29.3. The van der Waals surface area contributed by atoms with Crippen molar-refractivity contribution in [2.24, 2.45) is 0 Å². The summed E-state index contributed by atoms with van der Waals surface area (Å²) >= 11 is 0. The first kappa shape index (κ1) is 28.2. The van der Waals surface area contributed by atoms with Crippen molar-refractivity contribution in [3.8, 4) is 11.5 Å². The van der Waals surface area contributed by atoms with Gasteiger partial charge < -0.3 is 13.9 Å². The maximum Gasteiger partial charge on any atom is 0.416 e. The summed E-state index contributed by atoms with van der Waals surface area (Å²) in [6, 6.07) is 11.3. The van der Waals surface area contributed by atoms with Crippen LogP contribution in [0.15, 0.2) is 69.9 Å². The fourth-order valence-corrected chi connectivity index (χ4v) is 4.98. The summed E-state index contributed by atoms with van der Waals surface area (Å²) in [7, 11) is 0. The van der Waals surface area contributed by atoms with E-state index in [0.717, 1.165) is 48.4 Å². The highest BCUT2D eigenvalue weighted by Crippen LogP contribution is 2.44. The minimum absolute atomic E-state index is 0.0148. The summed E-state index contributed by atoms with van der Waals surface area (Å²) in [6.45, 7) is 4.60. The molecule has 1 aliphatic rings. The van der Waals surface area contributed by atoms with Crippen molar-refractivity contribution in [3.63, 3.8) is 0 Å². The van der Waals surface area contributed by atoms with Gasteiger partial charge in [0.15, 0.2) is 16.9 Å². The number of anilines is 1. The average Bonchev–Trinajstić information content (AvgIpc) is 3.24. The van der Waals surface area contributed by atoms with E-state index in [9.17, 15) is 27.2 Å². The van der Waals surface area contributed by atoms with Crippen LogP contribution in [0.4, 0.5) is 23.2 Å². The zero-order valence-corrected chi connectivity index (χ0v) is 22.4. The number of benzene rings is 3. The molecule has 6 nitrogen and oxygen atoms in total. The largest absolute Gasteiger partial charge is 0.490 e. The molecule has 4 aromatic rings. The first-order valence-electron chi connectivity index (χ1n) is 13.3. The molecule has 1 unspecified atom stereocenters. The molecular formula is C31H27F4NO5. The van der Waals surface area contributed by atoms with E-state index in [1.54, 1.807) is 25.1 Å². The molecule has 0 bridgehead atoms. The summed E-state index contributed by atoms with van der Waals surface area (Å²) in [5.74, 6) is -1.000. The highest BCUT2D eigenvalue weighted by Gasteiger charge is 2.44. The molecule has 1 atom stereocenters. The van der Waals surface area contributed by atoms with Crippen LogP contribution in [0.3, 0.4) is 0 Å². The lowest BCUT2D eigenvalue weighted by Crippen LogP contribution is -2.29. The van der Waals surface area contributed by atoms with E-state index < -0.39 is 34.9 Å². The van der Waals surface area contributed by atoms with Crippen LogP contribution >= 0.6 is 0 Å². The van der Waals surface area contributed by atoms with Crippen LogP contribution in [0.1, 0.15) is 66.4 Å². The summed E-state index contributed by atoms with van der Waals surface area (Å²) in [6.07, 6.45) is -1.83. The number of hydrogen-bond acceptors (Lipinski definition) is 5. The molecule has 0 spiro atoms. The number of hydrogen-bond donors (Lipinski definition) is 0. The van der Waals surface area contributed by atoms with Crippen LogP contribution in [0.25, 0.3) is 11.0 Å². The molecule has 3 aromatic carbocycles. The van der Waals surface area contributed by atoms with Gasteiger partial charge in [0, 0.05) is 5.69 Å². The molecule has 1 aromatic heterocycles. The Hall–Kier alpha value is -4.34. The fraction of sp³-hybridized carbons (Fsp3) is 0.290. The number of halogens is 4. The van der Waals surface area contributed by atoms with Crippen LogP contribution in [0.5, 0.6) is 11.5 Å². The third kappa shape index (κ3) is 5.38. The van der Waals surface area contributed by atoms with E-state index in [2.05, 4.69) is 6.92 Å². The number of amides is 1. The lowest BCUT2D eigenvalue weighted by Gasteiger charge is -2.26. The topological polar surface area (TPSA) is 69.0 Å². The van der Waals surface area contributed by atoms with Crippen molar-refractivity contribution in [1.82, 2.24) is 0 Å². The lowest BCUT2D eigenvalue weighted by molar-refractivity contribution is -0.137. The van der Waals surface area contributed by atoms with E-state index in [1.165, 1.54) is 18.2 Å². The SMILES string of the molecule is CCCCCOc1ccc(C2c3c(oc4ccc(F)cc4c3=O)C(=O)N2c2cccc(C(F)(F)F)c2)cc1OCC. The molecule has 0 fully saturated rings. The Kier molecular flexibility index (Phi) is 7.75. The molecule has 0 radical (unpaired) electrons. The van der Waals surface area contributed by atoms with Crippen molar-refractivity contribution in [2.75, 3.05) is 18.1 Å². The quantitative estimate of drug-likeness (QED) is 0.153. The normalized spacial score (nSPS) is 14.9. The van der Waals surface area contributed by atoms with Crippen molar-refractivity contribution in [2.45, 2.75) is 45.3 Å². The Bertz CT molecular complexity index is 1660. The predicted molar refractivity (Wildman–Crippen MR) is 145 cm³/mol. The Labute approximate surface area is 233 Å². The minimum Gasteiger partial charge on any atom is -0.490 e. The summed E-state index contributed by atoms with van der Waals surface area (Å²) in [5, 5.41) is -0.0895. The van der Waals surface area contributed by atoms with Crippen molar-refractivity contribution in [3.05, 3.63) is 99.2 Å². The first-order valence-corrected chi connectivity index (χ1v) is 13.3. The lowest BCUT2D eigenvalue weighted by atomic mass is 9.97. The van der Waals surface area contributed by atoms with Gasteiger partial charge in [-0.3, -0.25) is 14.5 Å². The molecule has 10 heteroatoms. The van der Waals surface area contributed by atoms with Gasteiger partial charge in [-0.2, -0.15) is 13.2 Å². The van der Waals surface area contributed by atoms with Crippen LogP contribution in [-0.2, 0) is 6.18 Å². The zero-order valence-electron chi connectivity index (χ0n) is 22.4. The summed E-state index contributed by atoms with van der Waals surface area (Å²) in [5.41, 5.74) is -1.46. The van der Waals surface area contributed by atoms with Crippen LogP contribution in [0, 0.1) is 5.82 Å². The number of alkyl halides is 3. The Morgan fingerprint density at radius 3 is 2.46 bits per heavy atom. The van der Waals surface area contributed by atoms with E-state index in [4.69, 9.17) is 13.9 Å². The molecule has 0 aliphatic carbocycles. The molecule has 0 saturated carbocycles. The number of fused-ring (bicyclic) bond motifs is 2. The highest BCUT2D eigenvalue weighted by atomic mass is 19.4. The summed E-state index contributed by atoms with van der Waals surface area (Å²) in [4.78, 5) is 28.6. The molecule has 214 valence electrons. The van der Waals surface area contributed by atoms with Gasteiger partial charge in [-0.25, -0.2) is 4.39 Å². The molecule has 1 aliphatic heterocycles. The van der Waals surface area contributed by atoms with Crippen LogP contribution < -0.4 is 19.8 Å². The number of ether oxygens (including phenoxy) is 2. The van der Waals surface area contributed by atoms with Crippen LogP contribution in [0.2, 0.25) is 0 Å². The third-order valence-electron chi connectivity index (χ3n) is 6.87. The smallest absolute Gasteiger partial charge is 0.416 e. The van der Waals surface area contributed by atoms with Gasteiger partial charge in [-0.1, -0.05) is 31.9 Å². The van der Waals surface area contributed by atoms with E-state index in [0.29, 0.717) is 30.3 Å². The Morgan fingerprint density at radius 1 is 0.927 bits per heavy atom. The maximum absolute atomic E-state index is 14.1. The van der Waals surface area contributed by atoms with E-state index in [-0.39, 0.29) is 28.0 Å². The molecule has 0 saturated heterocycles. The maximum atomic E-state index is 14.1. The number of unbranched alkanes of at least 4 members (excludes halogenated alkanes) is 2. The second kappa shape index (κ2) is 11.3. The van der Waals surface area contributed by atoms with Gasteiger partial charge in [0.2, 0.25) is 5.76 Å². The Morgan fingerprint density at radius 2 is 1.73 bits per heavy atom. The van der Waals surface area contributed by atoms with Gasteiger partial charge >= 0.3 is 6.18 Å². The minimum atomic E-state index is -4.67. The average molecular weight is 570 g/mol. The molecule has 5 rings (SSSR count). The molecule has 1 amide bonds. The Balaban J connectivity index is 1.70. The first-order chi connectivity index (χ1) is 19.6. The standard InChI is InChI=1S/C31H27F4NO5/c1-3-5-6-14-40-24-12-10-18(15-25(24)39-4-2)27-26-28(37)22-17-20(32)11-13-23(22)41-29(26)30(38)36(27)21-9-7-8-19(16-21)31(33,34)35/h7-13,15-17,27H,3-6,14H2,1-2H3. The van der Waals surface area contributed by atoms with E-state index >= 15 is 0 Å². The van der Waals surface area contributed by atoms with Crippen molar-refractivity contribution < 1.29 is 36.2 Å². The second-order valence-electron chi connectivity index (χ2n) is 9.63. The van der Waals surface area contributed by atoms with Gasteiger partial charge in [-0.05, 0) is 67.4 Å². The molecule has 0 N–H and O–H groups in total. The highest BCUT2D eigenvalue weighted by molar-refractivity contribution is 6.10. The monoisotopic (exact) mass is 569 g/mol.